The summed E-state index contributed by atoms with van der Waals surface area (Å²) in [5, 5.41) is 25.0. The number of nitrogens with one attached hydrogen (secondary N) is 2. The number of aromatic hydroxyl groups is 1. The van der Waals surface area contributed by atoms with E-state index in [0.717, 1.165) is 11.6 Å². The van der Waals surface area contributed by atoms with Crippen LogP contribution in [0.25, 0.3) is 11.3 Å². The van der Waals surface area contributed by atoms with E-state index in [1.807, 2.05) is 30.3 Å². The Morgan fingerprint density at radius 3 is 2.76 bits per heavy atom. The lowest BCUT2D eigenvalue weighted by Gasteiger charge is -2.07. The number of aromatic amines is 1. The molecule has 0 aliphatic carbocycles. The minimum atomic E-state index is -0.717. The molecule has 1 heterocycles. The van der Waals surface area contributed by atoms with E-state index in [0.29, 0.717) is 11.3 Å². The first-order valence-corrected chi connectivity index (χ1v) is 8.58. The summed E-state index contributed by atoms with van der Waals surface area (Å²) in [5.41, 5.74) is 3.26. The summed E-state index contributed by atoms with van der Waals surface area (Å²) in [6, 6.07) is 13.1. The average Bonchev–Trinajstić information content (AvgIpc) is 2.70. The number of hydrogen-bond acceptors (Lipinski definition) is 8. The molecule has 0 unspecified atom stereocenters. The number of phenolic OH excluding ortho intramolecular Hbond substituents is 1. The average molecular weight is 395 g/mol. The van der Waals surface area contributed by atoms with Crippen LogP contribution < -0.4 is 15.7 Å². The molecule has 29 heavy (non-hydrogen) atoms. The summed E-state index contributed by atoms with van der Waals surface area (Å²) in [7, 11) is 0. The van der Waals surface area contributed by atoms with Crippen LogP contribution in [0.1, 0.15) is 12.5 Å². The molecule has 0 saturated heterocycles. The van der Waals surface area contributed by atoms with Crippen LogP contribution in [0.2, 0.25) is 0 Å². The third-order valence-corrected chi connectivity index (χ3v) is 3.77. The van der Waals surface area contributed by atoms with Gasteiger partial charge in [0.2, 0.25) is 11.7 Å². The van der Waals surface area contributed by atoms with E-state index >= 15 is 0 Å². The Bertz CT molecular complexity index is 1110. The van der Waals surface area contributed by atoms with Gasteiger partial charge in [0, 0.05) is 23.3 Å². The summed E-state index contributed by atoms with van der Waals surface area (Å²) < 4.78 is 5.22. The highest BCUT2D eigenvalue weighted by Gasteiger charge is 2.19. The van der Waals surface area contributed by atoms with E-state index in [4.69, 9.17) is 4.74 Å². The maximum atomic E-state index is 11.9. The van der Waals surface area contributed by atoms with Crippen molar-refractivity contribution >= 4 is 17.9 Å². The van der Waals surface area contributed by atoms with Crippen molar-refractivity contribution in [3.8, 4) is 22.8 Å². The molecule has 10 nitrogen and oxygen atoms in total. The summed E-state index contributed by atoms with van der Waals surface area (Å²) >= 11 is 0. The molecule has 3 rings (SSSR count). The lowest BCUT2D eigenvalue weighted by atomic mass is 10.1. The van der Waals surface area contributed by atoms with E-state index < -0.39 is 16.4 Å². The molecule has 0 amide bonds. The Morgan fingerprint density at radius 1 is 1.31 bits per heavy atom. The second-order valence-electron chi connectivity index (χ2n) is 5.79. The van der Waals surface area contributed by atoms with Gasteiger partial charge in [0.25, 0.3) is 5.56 Å². The highest BCUT2D eigenvalue weighted by atomic mass is 16.6. The summed E-state index contributed by atoms with van der Waals surface area (Å²) in [4.78, 5) is 29.1. The standard InChI is InChI=1S/C19H17N5O5/c1-2-29-16-9-12(8-15(18(16)26)24(27)28)11-20-23-19-21-14(10-17(25)22-19)13-6-4-3-5-7-13/h3-11,26H,2H2,1H3,(H2,21,22,23,25)/b20-11-. The molecule has 0 bridgehead atoms. The number of aromatic nitrogens is 2. The van der Waals surface area contributed by atoms with E-state index in [1.54, 1.807) is 6.92 Å². The lowest BCUT2D eigenvalue weighted by molar-refractivity contribution is -0.386. The zero-order valence-corrected chi connectivity index (χ0v) is 15.3. The maximum Gasteiger partial charge on any atom is 0.315 e. The topological polar surface area (TPSA) is 143 Å². The van der Waals surface area contributed by atoms with Crippen molar-refractivity contribution in [1.29, 1.82) is 0 Å². The van der Waals surface area contributed by atoms with Crippen LogP contribution in [0, 0.1) is 10.1 Å². The highest BCUT2D eigenvalue weighted by Crippen LogP contribution is 2.36. The lowest BCUT2D eigenvalue weighted by Crippen LogP contribution is -2.10. The van der Waals surface area contributed by atoms with Crippen LogP contribution in [0.5, 0.6) is 11.5 Å². The SMILES string of the molecule is CCOc1cc(/C=N\Nc2nc(-c3ccccc3)cc(=O)[nH]2)cc([N+](=O)[O-])c1O. The number of benzene rings is 2. The molecule has 148 valence electrons. The van der Waals surface area contributed by atoms with Gasteiger partial charge in [-0.1, -0.05) is 30.3 Å². The zero-order chi connectivity index (χ0) is 20.8. The number of nitro groups is 1. The molecular weight excluding hydrogens is 378 g/mol. The summed E-state index contributed by atoms with van der Waals surface area (Å²) in [5.74, 6) is -0.477. The summed E-state index contributed by atoms with van der Waals surface area (Å²) in [6.45, 7) is 1.91. The predicted molar refractivity (Wildman–Crippen MR) is 107 cm³/mol. The second kappa shape index (κ2) is 8.65. The van der Waals surface area contributed by atoms with Crippen molar-refractivity contribution < 1.29 is 14.8 Å². The number of hydrazone groups is 1. The molecule has 2 aromatic carbocycles. The van der Waals surface area contributed by atoms with Gasteiger partial charge in [-0.05, 0) is 13.0 Å². The van der Waals surface area contributed by atoms with Gasteiger partial charge in [-0.3, -0.25) is 19.9 Å². The molecule has 0 aliphatic heterocycles. The van der Waals surface area contributed by atoms with Gasteiger partial charge >= 0.3 is 5.69 Å². The first-order chi connectivity index (χ1) is 14.0. The molecule has 0 saturated carbocycles. The van der Waals surface area contributed by atoms with Gasteiger partial charge < -0.3 is 9.84 Å². The minimum Gasteiger partial charge on any atom is -0.500 e. The Balaban J connectivity index is 1.86. The fourth-order valence-corrected chi connectivity index (χ4v) is 2.53. The third-order valence-electron chi connectivity index (χ3n) is 3.77. The molecule has 3 N–H and O–H groups in total. The largest absolute Gasteiger partial charge is 0.500 e. The quantitative estimate of drug-likeness (QED) is 0.317. The van der Waals surface area contributed by atoms with Crippen LogP contribution in [0.15, 0.2) is 58.4 Å². The number of rotatable bonds is 7. The van der Waals surface area contributed by atoms with Gasteiger partial charge in [-0.25, -0.2) is 10.4 Å². The number of H-pyrrole nitrogens is 1. The van der Waals surface area contributed by atoms with Gasteiger partial charge in [0.05, 0.1) is 23.4 Å². The number of nitrogens with zero attached hydrogens (tertiary/aromatic N) is 3. The fourth-order valence-electron chi connectivity index (χ4n) is 2.53. The van der Waals surface area contributed by atoms with Gasteiger partial charge in [0.15, 0.2) is 5.75 Å². The van der Waals surface area contributed by atoms with E-state index in [2.05, 4.69) is 20.5 Å². The minimum absolute atomic E-state index is 0.0271. The molecule has 0 spiro atoms. The Kier molecular flexibility index (Phi) is 5.83. The van der Waals surface area contributed by atoms with Crippen LogP contribution >= 0.6 is 0 Å². The van der Waals surface area contributed by atoms with Crippen molar-refractivity contribution in [2.24, 2.45) is 5.10 Å². The number of nitro benzene ring substituents is 1. The van der Waals surface area contributed by atoms with Gasteiger partial charge in [-0.15, -0.1) is 0 Å². The molecular formula is C19H17N5O5. The summed E-state index contributed by atoms with van der Waals surface area (Å²) in [6.07, 6.45) is 1.28. The number of hydrogen-bond donors (Lipinski definition) is 3. The van der Waals surface area contributed by atoms with Crippen molar-refractivity contribution in [3.05, 3.63) is 74.6 Å². The van der Waals surface area contributed by atoms with Crippen molar-refractivity contribution in [3.63, 3.8) is 0 Å². The monoisotopic (exact) mass is 395 g/mol. The van der Waals surface area contributed by atoms with Crippen LogP contribution in [-0.2, 0) is 0 Å². The first kappa shape index (κ1) is 19.5. The van der Waals surface area contributed by atoms with Crippen LogP contribution in [0.3, 0.4) is 0 Å². The first-order valence-electron chi connectivity index (χ1n) is 8.58. The molecule has 3 aromatic rings. The number of anilines is 1. The van der Waals surface area contributed by atoms with Gasteiger partial charge in [0.1, 0.15) is 0 Å². The molecule has 0 atom stereocenters. The van der Waals surface area contributed by atoms with Crippen molar-refractivity contribution in [2.45, 2.75) is 6.92 Å². The fraction of sp³-hybridized carbons (Fsp3) is 0.105. The number of ether oxygens (including phenoxy) is 1. The predicted octanol–water partition coefficient (Wildman–Crippen LogP) is 2.90. The Morgan fingerprint density at radius 2 is 2.07 bits per heavy atom. The Labute approximate surface area is 164 Å². The van der Waals surface area contributed by atoms with Gasteiger partial charge in [-0.2, -0.15) is 5.10 Å². The van der Waals surface area contributed by atoms with Crippen molar-refractivity contribution in [2.75, 3.05) is 12.0 Å². The van der Waals surface area contributed by atoms with Crippen LogP contribution in [-0.4, -0.2) is 32.8 Å². The van der Waals surface area contributed by atoms with Crippen molar-refractivity contribution in [1.82, 2.24) is 9.97 Å². The molecule has 0 fully saturated rings. The number of phenols is 1. The third kappa shape index (κ3) is 4.75. The van der Waals surface area contributed by atoms with E-state index in [9.17, 15) is 20.0 Å². The second-order valence-corrected chi connectivity index (χ2v) is 5.79. The molecule has 0 aliphatic rings. The maximum absolute atomic E-state index is 11.9. The highest BCUT2D eigenvalue weighted by molar-refractivity contribution is 5.83. The van der Waals surface area contributed by atoms with E-state index in [-0.39, 0.29) is 23.9 Å². The molecule has 0 radical (unpaired) electrons. The smallest absolute Gasteiger partial charge is 0.315 e. The van der Waals surface area contributed by atoms with Crippen LogP contribution in [0.4, 0.5) is 11.6 Å². The zero-order valence-electron chi connectivity index (χ0n) is 15.3. The molecule has 1 aromatic heterocycles. The normalized spacial score (nSPS) is 10.8. The molecule has 10 heteroatoms. The van der Waals surface area contributed by atoms with E-state index in [1.165, 1.54) is 18.3 Å². The Hall–Kier alpha value is -4.21.